The fourth-order valence-corrected chi connectivity index (χ4v) is 2.58. The smallest absolute Gasteiger partial charge is 0.328 e. The van der Waals surface area contributed by atoms with E-state index in [0.717, 1.165) is 4.47 Å². The number of hydrogen-bond donors (Lipinski definition) is 2. The van der Waals surface area contributed by atoms with Crippen molar-refractivity contribution in [3.63, 3.8) is 0 Å². The van der Waals surface area contributed by atoms with E-state index in [1.165, 1.54) is 0 Å². The van der Waals surface area contributed by atoms with Crippen molar-refractivity contribution in [2.45, 2.75) is 31.4 Å². The van der Waals surface area contributed by atoms with E-state index in [1.54, 1.807) is 18.2 Å². The molecule has 0 fully saturated rings. The van der Waals surface area contributed by atoms with Crippen LogP contribution in [0.5, 0.6) is 5.75 Å². The summed E-state index contributed by atoms with van der Waals surface area (Å²) in [6.07, 6.45) is 0.240. The van der Waals surface area contributed by atoms with E-state index in [-0.39, 0.29) is 6.42 Å². The molecule has 3 N–H and O–H groups in total. The third-order valence-corrected chi connectivity index (χ3v) is 3.39. The number of halogens is 1. The monoisotopic (exact) mass is 299 g/mol. The molecule has 0 saturated heterocycles. The summed E-state index contributed by atoms with van der Waals surface area (Å²) in [5.41, 5.74) is 4.58. The number of rotatable bonds is 1. The van der Waals surface area contributed by atoms with Crippen LogP contribution in [-0.2, 0) is 10.3 Å². The molecule has 1 heterocycles. The Bertz CT molecular complexity index is 487. The van der Waals surface area contributed by atoms with Crippen molar-refractivity contribution in [3.8, 4) is 5.75 Å². The molecular weight excluding hydrogens is 286 g/mol. The molecule has 2 rings (SSSR count). The van der Waals surface area contributed by atoms with Crippen molar-refractivity contribution in [1.29, 1.82) is 0 Å². The maximum absolute atomic E-state index is 11.4. The number of fused-ring (bicyclic) bond motifs is 1. The molecular formula is C12H14BrNO3. The maximum Gasteiger partial charge on any atom is 0.328 e. The van der Waals surface area contributed by atoms with Crippen LogP contribution in [0.1, 0.15) is 25.8 Å². The van der Waals surface area contributed by atoms with Crippen LogP contribution in [0.2, 0.25) is 0 Å². The number of hydrogen-bond acceptors (Lipinski definition) is 3. The zero-order chi connectivity index (χ0) is 12.8. The second-order valence-electron chi connectivity index (χ2n) is 4.96. The molecule has 1 aromatic rings. The first-order valence-corrected chi connectivity index (χ1v) is 6.05. The molecule has 17 heavy (non-hydrogen) atoms. The predicted octanol–water partition coefficient (Wildman–Crippen LogP) is 2.25. The fourth-order valence-electron chi connectivity index (χ4n) is 2.24. The Morgan fingerprint density at radius 2 is 2.18 bits per heavy atom. The second kappa shape index (κ2) is 3.71. The third kappa shape index (κ3) is 2.05. The van der Waals surface area contributed by atoms with Gasteiger partial charge in [0.15, 0.2) is 0 Å². The number of ether oxygens (including phenoxy) is 1. The molecule has 0 spiro atoms. The van der Waals surface area contributed by atoms with Crippen LogP contribution < -0.4 is 10.5 Å². The van der Waals surface area contributed by atoms with Crippen molar-refractivity contribution in [2.24, 2.45) is 5.73 Å². The highest BCUT2D eigenvalue weighted by Crippen LogP contribution is 2.43. The lowest BCUT2D eigenvalue weighted by Gasteiger charge is -2.41. The van der Waals surface area contributed by atoms with Gasteiger partial charge in [-0.05, 0) is 26.0 Å². The largest absolute Gasteiger partial charge is 0.487 e. The molecule has 0 radical (unpaired) electrons. The molecule has 1 unspecified atom stereocenters. The Balaban J connectivity index is 2.63. The lowest BCUT2D eigenvalue weighted by atomic mass is 9.78. The van der Waals surface area contributed by atoms with Gasteiger partial charge in [-0.15, -0.1) is 0 Å². The highest BCUT2D eigenvalue weighted by molar-refractivity contribution is 9.10. The summed E-state index contributed by atoms with van der Waals surface area (Å²) in [7, 11) is 0. The van der Waals surface area contributed by atoms with Crippen LogP contribution in [0, 0.1) is 0 Å². The molecule has 0 aliphatic carbocycles. The standard InChI is InChI=1S/C12H14BrNO3/c1-11(2)6-12(14,10(15)16)8-4-3-7(13)5-9(8)17-11/h3-5H,6,14H2,1-2H3,(H,15,16). The number of nitrogens with two attached hydrogens (primary N) is 1. The Hall–Kier alpha value is -1.07. The predicted molar refractivity (Wildman–Crippen MR) is 67.0 cm³/mol. The first kappa shape index (κ1) is 12.4. The van der Waals surface area contributed by atoms with Gasteiger partial charge in [-0.2, -0.15) is 0 Å². The van der Waals surface area contributed by atoms with Gasteiger partial charge in [0.25, 0.3) is 0 Å². The van der Waals surface area contributed by atoms with Crippen molar-refractivity contribution in [3.05, 3.63) is 28.2 Å². The van der Waals surface area contributed by atoms with Crippen LogP contribution >= 0.6 is 15.9 Å². The molecule has 1 atom stereocenters. The number of aliphatic carboxylic acids is 1. The lowest BCUT2D eigenvalue weighted by molar-refractivity contribution is -0.147. The SMILES string of the molecule is CC1(C)CC(N)(C(=O)O)c2ccc(Br)cc2O1. The summed E-state index contributed by atoms with van der Waals surface area (Å²) in [6, 6.07) is 5.22. The fraction of sp³-hybridized carbons (Fsp3) is 0.417. The Morgan fingerprint density at radius 1 is 1.53 bits per heavy atom. The van der Waals surface area contributed by atoms with Crippen LogP contribution in [0.3, 0.4) is 0 Å². The molecule has 4 nitrogen and oxygen atoms in total. The van der Waals surface area contributed by atoms with E-state index in [2.05, 4.69) is 15.9 Å². The molecule has 0 saturated carbocycles. The number of carboxylic acid groups (broad SMARTS) is 1. The molecule has 1 aliphatic heterocycles. The normalized spacial score (nSPS) is 25.9. The van der Waals surface area contributed by atoms with E-state index in [1.807, 2.05) is 13.8 Å². The van der Waals surface area contributed by atoms with Gasteiger partial charge < -0.3 is 15.6 Å². The zero-order valence-corrected chi connectivity index (χ0v) is 11.2. The summed E-state index contributed by atoms with van der Waals surface area (Å²) in [5.74, 6) is -0.502. The van der Waals surface area contributed by atoms with Gasteiger partial charge >= 0.3 is 5.97 Å². The van der Waals surface area contributed by atoms with Gasteiger partial charge in [0, 0.05) is 16.5 Å². The number of carbonyl (C=O) groups is 1. The van der Waals surface area contributed by atoms with Crippen LogP contribution in [0.4, 0.5) is 0 Å². The molecule has 0 bridgehead atoms. The first-order valence-electron chi connectivity index (χ1n) is 5.26. The number of benzene rings is 1. The highest BCUT2D eigenvalue weighted by atomic mass is 79.9. The van der Waals surface area contributed by atoms with E-state index >= 15 is 0 Å². The van der Waals surface area contributed by atoms with Crippen LogP contribution in [0.15, 0.2) is 22.7 Å². The first-order chi connectivity index (χ1) is 7.74. The van der Waals surface area contributed by atoms with Gasteiger partial charge in [-0.3, -0.25) is 0 Å². The Morgan fingerprint density at radius 3 is 2.76 bits per heavy atom. The molecule has 1 aromatic carbocycles. The van der Waals surface area contributed by atoms with Crippen LogP contribution in [0.25, 0.3) is 0 Å². The third-order valence-electron chi connectivity index (χ3n) is 2.90. The number of carboxylic acids is 1. The van der Waals surface area contributed by atoms with E-state index in [0.29, 0.717) is 11.3 Å². The van der Waals surface area contributed by atoms with Gasteiger partial charge in [0.2, 0.25) is 0 Å². The van der Waals surface area contributed by atoms with Crippen molar-refractivity contribution >= 4 is 21.9 Å². The summed E-state index contributed by atoms with van der Waals surface area (Å²) in [6.45, 7) is 3.67. The van der Waals surface area contributed by atoms with Gasteiger partial charge in [-0.25, -0.2) is 4.79 Å². The molecule has 92 valence electrons. The van der Waals surface area contributed by atoms with Crippen molar-refractivity contribution in [2.75, 3.05) is 0 Å². The quantitative estimate of drug-likeness (QED) is 0.834. The van der Waals surface area contributed by atoms with Crippen molar-refractivity contribution < 1.29 is 14.6 Å². The van der Waals surface area contributed by atoms with E-state index in [9.17, 15) is 9.90 Å². The Labute approximate surface area is 108 Å². The Kier molecular flexibility index (Phi) is 2.71. The zero-order valence-electron chi connectivity index (χ0n) is 9.66. The van der Waals surface area contributed by atoms with E-state index in [4.69, 9.17) is 10.5 Å². The summed E-state index contributed by atoms with van der Waals surface area (Å²) < 4.78 is 6.61. The average molecular weight is 300 g/mol. The van der Waals surface area contributed by atoms with Crippen molar-refractivity contribution in [1.82, 2.24) is 0 Å². The van der Waals surface area contributed by atoms with Gasteiger partial charge in [0.05, 0.1) is 0 Å². The lowest BCUT2D eigenvalue weighted by Crippen LogP contribution is -2.54. The summed E-state index contributed by atoms with van der Waals surface area (Å²) >= 11 is 3.33. The highest BCUT2D eigenvalue weighted by Gasteiger charge is 2.48. The van der Waals surface area contributed by atoms with Crippen LogP contribution in [-0.4, -0.2) is 16.7 Å². The minimum absolute atomic E-state index is 0.240. The van der Waals surface area contributed by atoms with Gasteiger partial charge in [0.1, 0.15) is 16.9 Å². The molecule has 5 heteroatoms. The average Bonchev–Trinajstić information content (AvgIpc) is 2.14. The summed E-state index contributed by atoms with van der Waals surface area (Å²) in [5, 5.41) is 9.35. The topological polar surface area (TPSA) is 72.6 Å². The summed E-state index contributed by atoms with van der Waals surface area (Å²) in [4.78, 5) is 11.4. The van der Waals surface area contributed by atoms with E-state index < -0.39 is 17.1 Å². The van der Waals surface area contributed by atoms with Gasteiger partial charge in [-0.1, -0.05) is 22.0 Å². The molecule has 1 aliphatic rings. The minimum Gasteiger partial charge on any atom is -0.487 e. The second-order valence-corrected chi connectivity index (χ2v) is 5.87. The minimum atomic E-state index is -1.39. The molecule has 0 aromatic heterocycles. The molecule has 0 amide bonds. The maximum atomic E-state index is 11.4.